The Morgan fingerprint density at radius 2 is 1.93 bits per heavy atom. The number of hydrogen-bond acceptors (Lipinski definition) is 3. The summed E-state index contributed by atoms with van der Waals surface area (Å²) in [5.41, 5.74) is 4.65. The summed E-state index contributed by atoms with van der Waals surface area (Å²) in [6.07, 6.45) is 0. The lowest BCUT2D eigenvalue weighted by Gasteiger charge is -2.17. The van der Waals surface area contributed by atoms with E-state index in [0.29, 0.717) is 16.4 Å². The first-order valence-electron chi connectivity index (χ1n) is 8.75. The Bertz CT molecular complexity index is 1040. The summed E-state index contributed by atoms with van der Waals surface area (Å²) >= 11 is 6.07. The standard InChI is InChI=1S/C21H23ClN4O/c1-12(23)17-9-14(6-8-18(17)24-3)13(2)25-21(27)20-10-15-5-7-16(22)11-19(15)26(20)4/h5-11,13,23-24H,1-4H3,(H,25,27). The summed E-state index contributed by atoms with van der Waals surface area (Å²) in [7, 11) is 3.69. The molecule has 0 aliphatic carbocycles. The van der Waals surface area contributed by atoms with Gasteiger partial charge in [0.05, 0.1) is 6.04 Å². The molecule has 2 aromatic carbocycles. The van der Waals surface area contributed by atoms with Crippen molar-refractivity contribution >= 4 is 39.8 Å². The van der Waals surface area contributed by atoms with Crippen LogP contribution in [0.15, 0.2) is 42.5 Å². The topological polar surface area (TPSA) is 69.9 Å². The monoisotopic (exact) mass is 382 g/mol. The van der Waals surface area contributed by atoms with E-state index in [1.54, 1.807) is 6.92 Å². The van der Waals surface area contributed by atoms with Crippen LogP contribution in [0.3, 0.4) is 0 Å². The van der Waals surface area contributed by atoms with Gasteiger partial charge in [0.1, 0.15) is 5.69 Å². The Kier molecular flexibility index (Phi) is 5.24. The van der Waals surface area contributed by atoms with Gasteiger partial charge in [0.2, 0.25) is 0 Å². The Morgan fingerprint density at radius 3 is 2.59 bits per heavy atom. The van der Waals surface area contributed by atoms with Crippen LogP contribution < -0.4 is 10.6 Å². The van der Waals surface area contributed by atoms with E-state index in [-0.39, 0.29) is 11.9 Å². The number of rotatable bonds is 5. The van der Waals surface area contributed by atoms with Crippen LogP contribution in [0, 0.1) is 5.41 Å². The number of anilines is 1. The van der Waals surface area contributed by atoms with Crippen LogP contribution in [0.4, 0.5) is 5.69 Å². The molecule has 6 heteroatoms. The quantitative estimate of drug-likeness (QED) is 0.557. The molecule has 0 aliphatic heterocycles. The van der Waals surface area contributed by atoms with Crippen molar-refractivity contribution in [3.63, 3.8) is 0 Å². The number of halogens is 1. The molecule has 27 heavy (non-hydrogen) atoms. The maximum Gasteiger partial charge on any atom is 0.268 e. The second-order valence-electron chi connectivity index (χ2n) is 6.67. The van der Waals surface area contributed by atoms with E-state index >= 15 is 0 Å². The molecule has 0 saturated heterocycles. The fraction of sp³-hybridized carbons (Fsp3) is 0.238. The highest BCUT2D eigenvalue weighted by atomic mass is 35.5. The molecule has 0 saturated carbocycles. The predicted octanol–water partition coefficient (Wildman–Crippen LogP) is 4.75. The van der Waals surface area contributed by atoms with Crippen molar-refractivity contribution in [1.82, 2.24) is 9.88 Å². The number of nitrogens with one attached hydrogen (secondary N) is 3. The molecule has 0 aliphatic rings. The van der Waals surface area contributed by atoms with Crippen molar-refractivity contribution in [1.29, 1.82) is 5.41 Å². The third-order valence-electron chi connectivity index (χ3n) is 4.80. The van der Waals surface area contributed by atoms with Crippen molar-refractivity contribution in [2.24, 2.45) is 7.05 Å². The zero-order valence-electron chi connectivity index (χ0n) is 15.9. The van der Waals surface area contributed by atoms with E-state index in [1.165, 1.54) is 0 Å². The van der Waals surface area contributed by atoms with Crippen LogP contribution in [0.25, 0.3) is 10.9 Å². The zero-order valence-corrected chi connectivity index (χ0v) is 16.6. The van der Waals surface area contributed by atoms with Gasteiger partial charge in [-0.05, 0) is 49.7 Å². The summed E-state index contributed by atoms with van der Waals surface area (Å²) in [5.74, 6) is -0.150. The molecule has 5 nitrogen and oxygen atoms in total. The summed E-state index contributed by atoms with van der Waals surface area (Å²) in [5, 5.41) is 15.7. The number of hydrogen-bond donors (Lipinski definition) is 3. The summed E-state index contributed by atoms with van der Waals surface area (Å²) in [6.45, 7) is 3.69. The Hall–Kier alpha value is -2.79. The van der Waals surface area contributed by atoms with Crippen LogP contribution in [-0.2, 0) is 7.05 Å². The fourth-order valence-electron chi connectivity index (χ4n) is 3.23. The Labute approximate surface area is 163 Å². The van der Waals surface area contributed by atoms with E-state index in [1.807, 2.05) is 68.1 Å². The average Bonchev–Trinajstić information content (AvgIpc) is 2.97. The molecule has 1 unspecified atom stereocenters. The number of carbonyl (C=O) groups excluding carboxylic acids is 1. The lowest BCUT2D eigenvalue weighted by atomic mass is 10.0. The molecule has 0 radical (unpaired) electrons. The van der Waals surface area contributed by atoms with Gasteiger partial charge in [-0.15, -0.1) is 0 Å². The van der Waals surface area contributed by atoms with Crippen molar-refractivity contribution in [3.8, 4) is 0 Å². The second kappa shape index (κ2) is 7.45. The van der Waals surface area contributed by atoms with E-state index < -0.39 is 0 Å². The highest BCUT2D eigenvalue weighted by Gasteiger charge is 2.17. The van der Waals surface area contributed by atoms with Crippen molar-refractivity contribution in [2.75, 3.05) is 12.4 Å². The summed E-state index contributed by atoms with van der Waals surface area (Å²) < 4.78 is 1.85. The van der Waals surface area contributed by atoms with Crippen LogP contribution in [0.1, 0.15) is 41.5 Å². The van der Waals surface area contributed by atoms with Gasteiger partial charge in [0, 0.05) is 47.0 Å². The molecular weight excluding hydrogens is 360 g/mol. The van der Waals surface area contributed by atoms with Gasteiger partial charge in [0.25, 0.3) is 5.91 Å². The Morgan fingerprint density at radius 1 is 1.19 bits per heavy atom. The van der Waals surface area contributed by atoms with Gasteiger partial charge in [-0.2, -0.15) is 0 Å². The predicted molar refractivity (Wildman–Crippen MR) is 112 cm³/mol. The minimum absolute atomic E-state index is 0.150. The molecule has 1 atom stereocenters. The third-order valence-corrected chi connectivity index (χ3v) is 5.04. The van der Waals surface area contributed by atoms with Crippen LogP contribution in [0.5, 0.6) is 0 Å². The molecule has 3 rings (SSSR count). The maximum atomic E-state index is 12.8. The molecule has 0 spiro atoms. The van der Waals surface area contributed by atoms with E-state index in [4.69, 9.17) is 17.0 Å². The number of aryl methyl sites for hydroxylation is 1. The van der Waals surface area contributed by atoms with E-state index in [2.05, 4.69) is 10.6 Å². The average molecular weight is 383 g/mol. The molecule has 3 aromatic rings. The number of nitrogens with zero attached hydrogens (tertiary/aromatic N) is 1. The summed E-state index contributed by atoms with van der Waals surface area (Å²) in [6, 6.07) is 13.1. The highest BCUT2D eigenvalue weighted by Crippen LogP contribution is 2.25. The van der Waals surface area contributed by atoms with Crippen LogP contribution in [0.2, 0.25) is 5.02 Å². The zero-order chi connectivity index (χ0) is 19.7. The number of carbonyl (C=O) groups is 1. The number of benzene rings is 2. The normalized spacial score (nSPS) is 12.0. The fourth-order valence-corrected chi connectivity index (χ4v) is 3.40. The molecule has 3 N–H and O–H groups in total. The van der Waals surface area contributed by atoms with Crippen molar-refractivity contribution < 1.29 is 4.79 Å². The first kappa shape index (κ1) is 19.0. The van der Waals surface area contributed by atoms with Crippen molar-refractivity contribution in [2.45, 2.75) is 19.9 Å². The first-order chi connectivity index (χ1) is 12.8. The lowest BCUT2D eigenvalue weighted by Crippen LogP contribution is -2.28. The minimum Gasteiger partial charge on any atom is -0.388 e. The molecule has 1 heterocycles. The van der Waals surface area contributed by atoms with Gasteiger partial charge in [-0.3, -0.25) is 4.79 Å². The van der Waals surface area contributed by atoms with E-state index in [0.717, 1.165) is 27.7 Å². The molecule has 0 bridgehead atoms. The van der Waals surface area contributed by atoms with Crippen molar-refractivity contribution in [3.05, 3.63) is 64.3 Å². The number of fused-ring (bicyclic) bond motifs is 1. The minimum atomic E-state index is -0.192. The van der Waals surface area contributed by atoms with Crippen LogP contribution in [-0.4, -0.2) is 23.2 Å². The smallest absolute Gasteiger partial charge is 0.268 e. The third kappa shape index (κ3) is 3.69. The van der Waals surface area contributed by atoms with Gasteiger partial charge in [-0.1, -0.05) is 23.7 Å². The molecule has 140 valence electrons. The van der Waals surface area contributed by atoms with Gasteiger partial charge >= 0.3 is 0 Å². The molecule has 1 amide bonds. The highest BCUT2D eigenvalue weighted by molar-refractivity contribution is 6.31. The SMILES string of the molecule is CNc1ccc(C(C)NC(=O)c2cc3ccc(Cl)cc3n2C)cc1C(C)=N. The van der Waals surface area contributed by atoms with Gasteiger partial charge < -0.3 is 20.6 Å². The van der Waals surface area contributed by atoms with Crippen LogP contribution >= 0.6 is 11.6 Å². The molecule has 0 fully saturated rings. The van der Waals surface area contributed by atoms with Gasteiger partial charge in [0.15, 0.2) is 0 Å². The summed E-state index contributed by atoms with van der Waals surface area (Å²) in [4.78, 5) is 12.8. The molecule has 1 aromatic heterocycles. The lowest BCUT2D eigenvalue weighted by molar-refractivity contribution is 0.0932. The largest absolute Gasteiger partial charge is 0.388 e. The number of amides is 1. The van der Waals surface area contributed by atoms with E-state index in [9.17, 15) is 4.79 Å². The second-order valence-corrected chi connectivity index (χ2v) is 7.10. The first-order valence-corrected chi connectivity index (χ1v) is 9.12. The molecular formula is C21H23ClN4O. The van der Waals surface area contributed by atoms with Gasteiger partial charge in [-0.25, -0.2) is 0 Å². The maximum absolute atomic E-state index is 12.8. The Balaban J connectivity index is 1.87. The number of aromatic nitrogens is 1.